The number of rotatable bonds is 8. The van der Waals surface area contributed by atoms with Gasteiger partial charge in [-0.05, 0) is 91.6 Å². The third-order valence-corrected chi connectivity index (χ3v) is 14.2. The highest BCUT2D eigenvalue weighted by Gasteiger charge is 2.64. The van der Waals surface area contributed by atoms with Crippen LogP contribution in [-0.4, -0.2) is 78.5 Å². The summed E-state index contributed by atoms with van der Waals surface area (Å²) < 4.78 is 42.2. The predicted octanol–water partition coefficient (Wildman–Crippen LogP) is 6.49. The number of aromatic amines is 1. The summed E-state index contributed by atoms with van der Waals surface area (Å²) >= 11 is 0. The Bertz CT molecular complexity index is 2270. The molecule has 3 aliphatic heterocycles. The number of aromatic nitrogens is 3. The molecule has 2 aromatic heterocycles. The van der Waals surface area contributed by atoms with Crippen molar-refractivity contribution in [1.82, 2.24) is 28.7 Å². The van der Waals surface area contributed by atoms with Gasteiger partial charge in [0.2, 0.25) is 5.91 Å². The highest BCUT2D eigenvalue weighted by molar-refractivity contribution is 7.87. The number of hydrogen-bond acceptors (Lipinski definition) is 7. The van der Waals surface area contributed by atoms with Crippen LogP contribution in [0.3, 0.4) is 0 Å². The number of carbonyl (C=O) groups is 2. The van der Waals surface area contributed by atoms with Gasteiger partial charge in [0.25, 0.3) is 5.91 Å². The Morgan fingerprint density at radius 2 is 1.81 bits per heavy atom. The molecule has 2 amide bonds. The van der Waals surface area contributed by atoms with E-state index in [1.165, 1.54) is 26.1 Å². The van der Waals surface area contributed by atoms with E-state index < -0.39 is 21.5 Å². The zero-order valence-electron chi connectivity index (χ0n) is 31.1. The molecule has 12 nitrogen and oxygen atoms in total. The second kappa shape index (κ2) is 13.3. The largest absolute Gasteiger partial charge is 0.497 e. The van der Waals surface area contributed by atoms with E-state index in [1.54, 1.807) is 19.4 Å². The highest BCUT2D eigenvalue weighted by atomic mass is 32.2. The number of piperidine rings is 1. The number of likely N-dealkylation sites (tertiary alicyclic amines) is 1. The van der Waals surface area contributed by atoms with Crippen molar-refractivity contribution < 1.29 is 27.5 Å². The van der Waals surface area contributed by atoms with Crippen molar-refractivity contribution in [1.29, 1.82) is 0 Å². The van der Waals surface area contributed by atoms with Crippen LogP contribution in [0.1, 0.15) is 115 Å². The summed E-state index contributed by atoms with van der Waals surface area (Å²) in [5.74, 6) is 0.902. The van der Waals surface area contributed by atoms with E-state index in [0.717, 1.165) is 101 Å². The molecular formula is C41H48N6O6S. The molecule has 0 spiro atoms. The van der Waals surface area contributed by atoms with Gasteiger partial charge in [0, 0.05) is 79.7 Å². The molecule has 5 aliphatic rings. The maximum absolute atomic E-state index is 15.0. The molecule has 3 unspecified atom stereocenters. The van der Waals surface area contributed by atoms with Gasteiger partial charge in [-0.2, -0.15) is 17.8 Å². The smallest absolute Gasteiger partial charge is 0.303 e. The summed E-state index contributed by atoms with van der Waals surface area (Å²) in [6.07, 6.45) is 12.6. The topological polar surface area (TPSA) is 139 Å². The summed E-state index contributed by atoms with van der Waals surface area (Å²) in [6.45, 7) is 1.80. The standard InChI is InChI=1S/C41H48N6O6S/c1-45(2)54(50,51)44-39(48)27-11-13-30-35(20-27)47-24-41(40(49)46-17-15-25(16-18-46)33-22-34(43-42-33)36-10-7-19-53-36)23-32(41)31-21-28(52-3)12-14-29(31)38(47)37(30)26-8-5-4-6-9-26/h7,11-14,19-22,25-26,32,36H,4-6,8-10,15-18,23-24H2,1-3H3,(H,42,43)(H,44,48). The maximum Gasteiger partial charge on any atom is 0.303 e. The van der Waals surface area contributed by atoms with Crippen LogP contribution in [0.4, 0.5) is 0 Å². The lowest BCUT2D eigenvalue weighted by molar-refractivity contribution is -0.138. The zero-order valence-corrected chi connectivity index (χ0v) is 32.0. The lowest BCUT2D eigenvalue weighted by atomic mass is 9.81. The van der Waals surface area contributed by atoms with Gasteiger partial charge in [0.15, 0.2) is 0 Å². The van der Waals surface area contributed by atoms with Crippen molar-refractivity contribution >= 4 is 32.9 Å². The average Bonchev–Trinajstić information content (AvgIpc) is 3.53. The van der Waals surface area contributed by atoms with Crippen LogP contribution >= 0.6 is 0 Å². The number of benzene rings is 2. The molecule has 9 rings (SSSR count). The lowest BCUT2D eigenvalue weighted by Crippen LogP contribution is -2.44. The fourth-order valence-corrected chi connectivity index (χ4v) is 10.2. The van der Waals surface area contributed by atoms with Gasteiger partial charge < -0.3 is 18.9 Å². The average molecular weight is 753 g/mol. The first-order valence-electron chi connectivity index (χ1n) is 19.3. The van der Waals surface area contributed by atoms with Crippen molar-refractivity contribution in [3.05, 3.63) is 82.9 Å². The number of fused-ring (bicyclic) bond motifs is 7. The maximum atomic E-state index is 15.0. The minimum absolute atomic E-state index is 0.0221. The number of methoxy groups -OCH3 is 1. The first kappa shape index (κ1) is 35.1. The van der Waals surface area contributed by atoms with E-state index in [9.17, 15) is 13.2 Å². The molecule has 2 saturated carbocycles. The molecule has 13 heteroatoms. The summed E-state index contributed by atoms with van der Waals surface area (Å²) in [5.41, 5.74) is 7.11. The fraction of sp³-hybridized carbons (Fsp3) is 0.488. The molecule has 4 aromatic rings. The minimum Gasteiger partial charge on any atom is -0.497 e. The van der Waals surface area contributed by atoms with Crippen LogP contribution in [0.25, 0.3) is 22.2 Å². The molecule has 54 heavy (non-hydrogen) atoms. The monoisotopic (exact) mass is 752 g/mol. The molecule has 0 radical (unpaired) electrons. The van der Waals surface area contributed by atoms with E-state index in [4.69, 9.17) is 9.47 Å². The molecular weight excluding hydrogens is 705 g/mol. The number of nitrogens with zero attached hydrogens (tertiary/aromatic N) is 4. The van der Waals surface area contributed by atoms with Crippen LogP contribution in [0.2, 0.25) is 0 Å². The predicted molar refractivity (Wildman–Crippen MR) is 204 cm³/mol. The number of hydrogen-bond donors (Lipinski definition) is 2. The number of H-pyrrole nitrogens is 1. The van der Waals surface area contributed by atoms with E-state index in [1.807, 2.05) is 24.3 Å². The molecule has 3 fully saturated rings. The van der Waals surface area contributed by atoms with Gasteiger partial charge in [-0.3, -0.25) is 14.7 Å². The summed E-state index contributed by atoms with van der Waals surface area (Å²) in [4.78, 5) is 30.5. The van der Waals surface area contributed by atoms with Gasteiger partial charge in [0.1, 0.15) is 17.5 Å². The van der Waals surface area contributed by atoms with Crippen molar-refractivity contribution in [2.75, 3.05) is 34.3 Å². The van der Waals surface area contributed by atoms with E-state index in [-0.39, 0.29) is 29.4 Å². The van der Waals surface area contributed by atoms with E-state index in [0.29, 0.717) is 25.6 Å². The van der Waals surface area contributed by atoms with Gasteiger partial charge >= 0.3 is 10.2 Å². The summed E-state index contributed by atoms with van der Waals surface area (Å²) in [7, 11) is 0.465. The lowest BCUT2D eigenvalue weighted by Gasteiger charge is -2.34. The van der Waals surface area contributed by atoms with Crippen LogP contribution in [0, 0.1) is 5.41 Å². The third-order valence-electron chi connectivity index (χ3n) is 12.8. The quantitative estimate of drug-likeness (QED) is 0.210. The zero-order chi connectivity index (χ0) is 37.4. The van der Waals surface area contributed by atoms with Crippen LogP contribution < -0.4 is 9.46 Å². The number of nitrogens with one attached hydrogen (secondary N) is 2. The second-order valence-electron chi connectivity index (χ2n) is 16.0. The van der Waals surface area contributed by atoms with Crippen LogP contribution in [0.15, 0.2) is 54.8 Å². The van der Waals surface area contributed by atoms with Crippen molar-refractivity contribution in [3.8, 4) is 17.0 Å². The Morgan fingerprint density at radius 1 is 1.02 bits per heavy atom. The summed E-state index contributed by atoms with van der Waals surface area (Å²) in [5, 5.41) is 8.86. The second-order valence-corrected chi connectivity index (χ2v) is 17.9. The molecule has 284 valence electrons. The molecule has 5 heterocycles. The number of ether oxygens (including phenoxy) is 2. The van der Waals surface area contributed by atoms with Gasteiger partial charge in [-0.25, -0.2) is 4.72 Å². The van der Waals surface area contributed by atoms with Crippen molar-refractivity contribution in [3.63, 3.8) is 0 Å². The molecule has 2 aromatic carbocycles. The van der Waals surface area contributed by atoms with Crippen LogP contribution in [0.5, 0.6) is 5.75 Å². The fourth-order valence-electron chi connectivity index (χ4n) is 9.70. The van der Waals surface area contributed by atoms with Crippen molar-refractivity contribution in [2.24, 2.45) is 5.41 Å². The van der Waals surface area contributed by atoms with E-state index in [2.05, 4.69) is 42.6 Å². The first-order chi connectivity index (χ1) is 26.1. The number of carbonyl (C=O) groups excluding carboxylic acids is 2. The third kappa shape index (κ3) is 5.82. The molecule has 2 N–H and O–H groups in total. The summed E-state index contributed by atoms with van der Waals surface area (Å²) in [6, 6.07) is 14.0. The Hall–Kier alpha value is -4.62. The first-order valence-corrected chi connectivity index (χ1v) is 20.8. The highest BCUT2D eigenvalue weighted by Crippen LogP contribution is 2.66. The van der Waals surface area contributed by atoms with Gasteiger partial charge in [-0.15, -0.1) is 0 Å². The Labute approximate surface area is 316 Å². The SMILES string of the molecule is COc1ccc2c(c1)C1CC1(C(=O)N1CCC(c3cc(C4CC=CO4)n[nH]3)CC1)Cn1c-2c(C2CCCCC2)c2ccc(C(=O)NS(=O)(=O)N(C)C)cc21. The van der Waals surface area contributed by atoms with Crippen molar-refractivity contribution in [2.45, 2.75) is 88.2 Å². The van der Waals surface area contributed by atoms with Crippen LogP contribution in [-0.2, 0) is 26.3 Å². The molecule has 2 aliphatic carbocycles. The molecule has 1 saturated heterocycles. The Morgan fingerprint density at radius 3 is 2.54 bits per heavy atom. The Kier molecular flexibility index (Phi) is 8.64. The normalized spacial score (nSPS) is 24.1. The van der Waals surface area contributed by atoms with Gasteiger partial charge in [-0.1, -0.05) is 25.3 Å². The minimum atomic E-state index is -3.99. The molecule has 3 atom stereocenters. The number of amides is 2. The molecule has 0 bridgehead atoms. The Balaban J connectivity index is 1.09. The van der Waals surface area contributed by atoms with Gasteiger partial charge in [0.05, 0.1) is 24.5 Å². The van der Waals surface area contributed by atoms with E-state index >= 15 is 4.79 Å².